The lowest BCUT2D eigenvalue weighted by atomic mass is 10.2. The van der Waals surface area contributed by atoms with Crippen LogP contribution >= 0.6 is 15.9 Å². The second-order valence-corrected chi connectivity index (χ2v) is 6.49. The normalized spacial score (nSPS) is 10.9. The average molecular weight is 372 g/mol. The van der Waals surface area contributed by atoms with Crippen molar-refractivity contribution in [2.24, 2.45) is 0 Å². The van der Waals surface area contributed by atoms with Crippen molar-refractivity contribution < 1.29 is 4.79 Å². The van der Waals surface area contributed by atoms with E-state index in [-0.39, 0.29) is 5.91 Å². The molecule has 0 unspecified atom stereocenters. The average Bonchev–Trinajstić information content (AvgIpc) is 2.97. The van der Waals surface area contributed by atoms with Gasteiger partial charge in [-0.15, -0.1) is 0 Å². The highest BCUT2D eigenvalue weighted by atomic mass is 79.9. The largest absolute Gasteiger partial charge is 0.342 e. The number of aryl methyl sites for hydroxylation is 1. The van der Waals surface area contributed by atoms with Gasteiger partial charge in [-0.1, -0.05) is 40.2 Å². The molecule has 0 spiro atoms. The Morgan fingerprint density at radius 3 is 2.65 bits per heavy atom. The summed E-state index contributed by atoms with van der Waals surface area (Å²) in [5.41, 5.74) is 3.07. The Kier molecular flexibility index (Phi) is 4.76. The van der Waals surface area contributed by atoms with Gasteiger partial charge in [0, 0.05) is 30.9 Å². The number of carbonyl (C=O) groups excluding carboxylic acids is 1. The van der Waals surface area contributed by atoms with Crippen molar-refractivity contribution in [1.82, 2.24) is 14.9 Å². The molecule has 118 valence electrons. The summed E-state index contributed by atoms with van der Waals surface area (Å²) in [5.74, 6) is 0.977. The molecule has 1 heterocycles. The lowest BCUT2D eigenvalue weighted by Crippen LogP contribution is -2.26. The first-order valence-electron chi connectivity index (χ1n) is 7.54. The fraction of sp³-hybridized carbons (Fsp3) is 0.222. The Morgan fingerprint density at radius 1 is 1.17 bits per heavy atom. The maximum absolute atomic E-state index is 12.3. The third-order valence-corrected chi connectivity index (χ3v) is 4.30. The Labute approximate surface area is 143 Å². The predicted molar refractivity (Wildman–Crippen MR) is 95.0 cm³/mol. The van der Waals surface area contributed by atoms with Crippen LogP contribution < -0.4 is 0 Å². The number of halogens is 1. The molecule has 0 aliphatic carbocycles. The summed E-state index contributed by atoms with van der Waals surface area (Å²) in [7, 11) is 1.84. The number of hydrogen-bond donors (Lipinski definition) is 1. The molecule has 0 radical (unpaired) electrons. The first kappa shape index (κ1) is 15.7. The molecule has 1 amide bonds. The number of carbonyl (C=O) groups is 1. The Morgan fingerprint density at radius 2 is 1.91 bits per heavy atom. The summed E-state index contributed by atoms with van der Waals surface area (Å²) >= 11 is 3.41. The van der Waals surface area contributed by atoms with Crippen LogP contribution in [0.2, 0.25) is 0 Å². The van der Waals surface area contributed by atoms with E-state index in [9.17, 15) is 4.79 Å². The Balaban J connectivity index is 1.56. The van der Waals surface area contributed by atoms with Crippen molar-refractivity contribution >= 4 is 32.9 Å². The number of hydrogen-bond acceptors (Lipinski definition) is 2. The van der Waals surface area contributed by atoms with Crippen LogP contribution in [0.1, 0.15) is 17.8 Å². The van der Waals surface area contributed by atoms with Gasteiger partial charge in [0.15, 0.2) is 0 Å². The van der Waals surface area contributed by atoms with E-state index in [2.05, 4.69) is 25.9 Å². The lowest BCUT2D eigenvalue weighted by molar-refractivity contribution is -0.130. The summed E-state index contributed by atoms with van der Waals surface area (Å²) in [6.07, 6.45) is 1.07. The molecular formula is C18H18BrN3O. The number of benzene rings is 2. The molecule has 0 atom stereocenters. The molecule has 2 aromatic carbocycles. The summed E-state index contributed by atoms with van der Waals surface area (Å²) in [4.78, 5) is 21.8. The summed E-state index contributed by atoms with van der Waals surface area (Å²) in [6.45, 7) is 0.617. The van der Waals surface area contributed by atoms with Crippen molar-refractivity contribution in [3.8, 4) is 0 Å². The number of nitrogens with zero attached hydrogens (tertiary/aromatic N) is 2. The molecule has 23 heavy (non-hydrogen) atoms. The number of para-hydroxylation sites is 2. The molecule has 1 aromatic heterocycles. The van der Waals surface area contributed by atoms with Crippen LogP contribution in [0, 0.1) is 0 Å². The van der Waals surface area contributed by atoms with Gasteiger partial charge in [0.05, 0.1) is 11.0 Å². The molecule has 0 bridgehead atoms. The van der Waals surface area contributed by atoms with E-state index >= 15 is 0 Å². The van der Waals surface area contributed by atoms with Crippen LogP contribution in [-0.2, 0) is 17.8 Å². The first-order chi connectivity index (χ1) is 11.1. The molecule has 0 saturated heterocycles. The molecular weight excluding hydrogens is 354 g/mol. The fourth-order valence-corrected chi connectivity index (χ4v) is 2.76. The third-order valence-electron chi connectivity index (χ3n) is 3.77. The van der Waals surface area contributed by atoms with Crippen molar-refractivity contribution in [2.45, 2.75) is 19.4 Å². The van der Waals surface area contributed by atoms with E-state index in [1.807, 2.05) is 55.6 Å². The molecule has 4 nitrogen and oxygen atoms in total. The molecule has 0 saturated carbocycles. The topological polar surface area (TPSA) is 49.0 Å². The summed E-state index contributed by atoms with van der Waals surface area (Å²) < 4.78 is 1.04. The number of fused-ring (bicyclic) bond motifs is 1. The summed E-state index contributed by atoms with van der Waals surface area (Å²) in [6, 6.07) is 15.9. The number of aromatic nitrogens is 2. The molecule has 3 rings (SSSR count). The van der Waals surface area contributed by atoms with Crippen LogP contribution in [0.4, 0.5) is 0 Å². The van der Waals surface area contributed by atoms with Gasteiger partial charge in [-0.25, -0.2) is 4.98 Å². The molecule has 0 aliphatic heterocycles. The number of amides is 1. The van der Waals surface area contributed by atoms with Gasteiger partial charge in [0.25, 0.3) is 0 Å². The van der Waals surface area contributed by atoms with Crippen molar-refractivity contribution in [1.29, 1.82) is 0 Å². The van der Waals surface area contributed by atoms with E-state index < -0.39 is 0 Å². The first-order valence-corrected chi connectivity index (χ1v) is 8.33. The zero-order chi connectivity index (χ0) is 16.2. The second kappa shape index (κ2) is 6.96. The highest BCUT2D eigenvalue weighted by Crippen LogP contribution is 2.14. The fourth-order valence-electron chi connectivity index (χ4n) is 2.49. The second-order valence-electron chi connectivity index (χ2n) is 5.58. The zero-order valence-electron chi connectivity index (χ0n) is 12.9. The standard InChI is InChI=1S/C18H18BrN3O/c1-22(12-13-6-8-14(19)9-7-13)18(23)11-10-17-20-15-4-2-3-5-16(15)21-17/h2-9H,10-12H2,1H3,(H,20,21). The quantitative estimate of drug-likeness (QED) is 0.738. The number of aromatic amines is 1. The van der Waals surface area contributed by atoms with Gasteiger partial charge in [-0.05, 0) is 29.8 Å². The minimum atomic E-state index is 0.119. The Bertz CT molecular complexity index is 778. The minimum absolute atomic E-state index is 0.119. The van der Waals surface area contributed by atoms with E-state index in [4.69, 9.17) is 0 Å². The smallest absolute Gasteiger partial charge is 0.223 e. The highest BCUT2D eigenvalue weighted by Gasteiger charge is 2.11. The number of imidazole rings is 1. The maximum atomic E-state index is 12.3. The SMILES string of the molecule is CN(Cc1ccc(Br)cc1)C(=O)CCc1nc2ccccc2[nH]1. The molecule has 1 N–H and O–H groups in total. The highest BCUT2D eigenvalue weighted by molar-refractivity contribution is 9.10. The number of nitrogens with one attached hydrogen (secondary N) is 1. The van der Waals surface area contributed by atoms with Gasteiger partial charge in [0.2, 0.25) is 5.91 Å². The van der Waals surface area contributed by atoms with Crippen molar-refractivity contribution in [3.05, 3.63) is 64.4 Å². The molecule has 3 aromatic rings. The van der Waals surface area contributed by atoms with Crippen LogP contribution in [-0.4, -0.2) is 27.8 Å². The Hall–Kier alpha value is -2.14. The van der Waals surface area contributed by atoms with Crippen LogP contribution in [0.3, 0.4) is 0 Å². The van der Waals surface area contributed by atoms with Crippen molar-refractivity contribution in [2.75, 3.05) is 7.05 Å². The zero-order valence-corrected chi connectivity index (χ0v) is 14.5. The minimum Gasteiger partial charge on any atom is -0.342 e. The lowest BCUT2D eigenvalue weighted by Gasteiger charge is -2.17. The van der Waals surface area contributed by atoms with Gasteiger partial charge in [-0.3, -0.25) is 4.79 Å². The van der Waals surface area contributed by atoms with Crippen molar-refractivity contribution in [3.63, 3.8) is 0 Å². The third kappa shape index (κ3) is 3.99. The van der Waals surface area contributed by atoms with E-state index in [1.165, 1.54) is 0 Å². The van der Waals surface area contributed by atoms with E-state index in [1.54, 1.807) is 4.90 Å². The maximum Gasteiger partial charge on any atom is 0.223 e. The molecule has 0 aliphatic rings. The predicted octanol–water partition coefficient (Wildman–Crippen LogP) is 3.92. The van der Waals surface area contributed by atoms with E-state index in [0.717, 1.165) is 26.9 Å². The van der Waals surface area contributed by atoms with E-state index in [0.29, 0.717) is 19.4 Å². The van der Waals surface area contributed by atoms with Gasteiger partial charge in [-0.2, -0.15) is 0 Å². The van der Waals surface area contributed by atoms with Gasteiger partial charge >= 0.3 is 0 Å². The summed E-state index contributed by atoms with van der Waals surface area (Å²) in [5, 5.41) is 0. The number of rotatable bonds is 5. The van der Waals surface area contributed by atoms with Gasteiger partial charge in [0.1, 0.15) is 5.82 Å². The van der Waals surface area contributed by atoms with Crippen LogP contribution in [0.5, 0.6) is 0 Å². The number of H-pyrrole nitrogens is 1. The van der Waals surface area contributed by atoms with Crippen LogP contribution in [0.25, 0.3) is 11.0 Å². The molecule has 5 heteroatoms. The molecule has 0 fully saturated rings. The monoisotopic (exact) mass is 371 g/mol. The van der Waals surface area contributed by atoms with Crippen LogP contribution in [0.15, 0.2) is 53.0 Å². The van der Waals surface area contributed by atoms with Gasteiger partial charge < -0.3 is 9.88 Å².